The minimum atomic E-state index is -4.02. The van der Waals surface area contributed by atoms with Crippen LogP contribution in [0.4, 0.5) is 4.79 Å². The van der Waals surface area contributed by atoms with Crippen LogP contribution in [0.5, 0.6) is 0 Å². The molecule has 0 bridgehead atoms. The molecule has 0 aromatic heterocycles. The van der Waals surface area contributed by atoms with Crippen molar-refractivity contribution in [3.8, 4) is 0 Å². The highest BCUT2D eigenvalue weighted by atomic mass is 32.2. The number of hydrogen-bond acceptors (Lipinski definition) is 8. The SMILES string of the molecule is CC(C)CN(C[C@@H](O)[C@H](Cc1ccccc1)NC(=O)OC1CC2CCO[C@@H]2C1)S(=O)(=O)c1cccc(/C=N/O)c1. The smallest absolute Gasteiger partial charge is 0.407 e. The van der Waals surface area contributed by atoms with E-state index in [-0.39, 0.29) is 42.5 Å². The molecule has 1 aliphatic heterocycles. The predicted molar refractivity (Wildman–Crippen MR) is 150 cm³/mol. The number of aliphatic hydroxyl groups excluding tert-OH is 1. The Morgan fingerprint density at radius 1 is 1.18 bits per heavy atom. The van der Waals surface area contributed by atoms with E-state index in [9.17, 15) is 18.3 Å². The van der Waals surface area contributed by atoms with Crippen molar-refractivity contribution >= 4 is 22.3 Å². The molecule has 3 N–H and O–H groups in total. The first-order chi connectivity index (χ1) is 19.2. The molecule has 10 nitrogen and oxygen atoms in total. The van der Waals surface area contributed by atoms with Crippen LogP contribution < -0.4 is 5.32 Å². The Bertz CT molecular complexity index is 1240. The van der Waals surface area contributed by atoms with Crippen LogP contribution in [-0.4, -0.2) is 79.4 Å². The zero-order valence-corrected chi connectivity index (χ0v) is 23.7. The molecule has 2 unspecified atom stereocenters. The van der Waals surface area contributed by atoms with Crippen molar-refractivity contribution in [1.82, 2.24) is 9.62 Å². The minimum Gasteiger partial charge on any atom is -0.446 e. The van der Waals surface area contributed by atoms with Crippen molar-refractivity contribution in [2.24, 2.45) is 17.0 Å². The Hall–Kier alpha value is -2.99. The standard InChI is InChI=1S/C29H39N3O7S/c1-20(2)18-32(40(36,37)25-10-6-9-22(13-25)17-30-35)19-27(33)26(14-21-7-4-3-5-8-21)31-29(34)39-24-15-23-11-12-38-28(23)16-24/h3-10,13,17,20,23-24,26-28,33,35H,11-12,14-16,18-19H2,1-2H3,(H,31,34)/b30-17+/t23?,24?,26-,27+,28+/m0/s1. The van der Waals surface area contributed by atoms with E-state index in [1.807, 2.05) is 44.2 Å². The number of sulfonamides is 1. The van der Waals surface area contributed by atoms with E-state index in [0.717, 1.165) is 31.2 Å². The second-order valence-corrected chi connectivity index (χ2v) is 12.9. The monoisotopic (exact) mass is 573 g/mol. The number of carbonyl (C=O) groups is 1. The van der Waals surface area contributed by atoms with Gasteiger partial charge in [0.05, 0.1) is 29.4 Å². The third-order valence-electron chi connectivity index (χ3n) is 7.41. The van der Waals surface area contributed by atoms with Gasteiger partial charge in [-0.25, -0.2) is 13.2 Å². The fourth-order valence-corrected chi connectivity index (χ4v) is 7.16. The first-order valence-electron chi connectivity index (χ1n) is 13.7. The zero-order valence-electron chi connectivity index (χ0n) is 22.9. The first-order valence-corrected chi connectivity index (χ1v) is 15.2. The maximum atomic E-state index is 13.7. The van der Waals surface area contributed by atoms with Gasteiger partial charge in [0.15, 0.2) is 0 Å². The molecule has 1 heterocycles. The highest BCUT2D eigenvalue weighted by molar-refractivity contribution is 7.89. The van der Waals surface area contributed by atoms with Crippen LogP contribution in [0.3, 0.4) is 0 Å². The van der Waals surface area contributed by atoms with E-state index in [4.69, 9.17) is 14.7 Å². The number of alkyl carbamates (subject to hydrolysis) is 1. The molecule has 1 saturated heterocycles. The lowest BCUT2D eigenvalue weighted by Gasteiger charge is -2.31. The molecular formula is C29H39N3O7S. The van der Waals surface area contributed by atoms with Gasteiger partial charge < -0.3 is 25.1 Å². The van der Waals surface area contributed by atoms with E-state index in [1.165, 1.54) is 16.4 Å². The Morgan fingerprint density at radius 2 is 1.95 bits per heavy atom. The molecule has 40 heavy (non-hydrogen) atoms. The summed E-state index contributed by atoms with van der Waals surface area (Å²) in [5.41, 5.74) is 1.30. The number of fused-ring (bicyclic) bond motifs is 1. The van der Waals surface area contributed by atoms with Crippen LogP contribution in [-0.2, 0) is 25.9 Å². The van der Waals surface area contributed by atoms with Crippen LogP contribution in [0.1, 0.15) is 44.2 Å². The molecule has 2 aliphatic rings. The van der Waals surface area contributed by atoms with E-state index < -0.39 is 28.3 Å². The Balaban J connectivity index is 1.51. The number of oxime groups is 1. The first kappa shape index (κ1) is 30.0. The van der Waals surface area contributed by atoms with Crippen LogP contribution >= 0.6 is 0 Å². The fourth-order valence-electron chi connectivity index (χ4n) is 5.49. The summed E-state index contributed by atoms with van der Waals surface area (Å²) < 4.78 is 40.0. The minimum absolute atomic E-state index is 0.0127. The number of benzene rings is 2. The molecule has 2 aromatic rings. The molecule has 2 fully saturated rings. The number of ether oxygens (including phenoxy) is 2. The normalized spacial score (nSPS) is 22.5. The van der Waals surface area contributed by atoms with Crippen LogP contribution in [0.2, 0.25) is 0 Å². The summed E-state index contributed by atoms with van der Waals surface area (Å²) in [4.78, 5) is 13.0. The average molecular weight is 574 g/mol. The third-order valence-corrected chi connectivity index (χ3v) is 9.24. The second kappa shape index (κ2) is 13.6. The van der Waals surface area contributed by atoms with E-state index in [0.29, 0.717) is 17.9 Å². The molecule has 2 aromatic carbocycles. The quantitative estimate of drug-likeness (QED) is 0.201. The van der Waals surface area contributed by atoms with Crippen molar-refractivity contribution in [1.29, 1.82) is 0 Å². The van der Waals surface area contributed by atoms with Crippen molar-refractivity contribution < 1.29 is 33.0 Å². The summed E-state index contributed by atoms with van der Waals surface area (Å²) in [5, 5.41) is 26.1. The molecule has 1 amide bonds. The van der Waals surface area contributed by atoms with Gasteiger partial charge in [-0.3, -0.25) is 0 Å². The lowest BCUT2D eigenvalue weighted by atomic mass is 10.0. The van der Waals surface area contributed by atoms with Gasteiger partial charge in [-0.1, -0.05) is 61.5 Å². The highest BCUT2D eigenvalue weighted by Gasteiger charge is 2.40. The molecule has 11 heteroatoms. The summed E-state index contributed by atoms with van der Waals surface area (Å²) in [6.07, 6.45) is 1.82. The molecule has 218 valence electrons. The van der Waals surface area contributed by atoms with Crippen molar-refractivity contribution in [3.63, 3.8) is 0 Å². The summed E-state index contributed by atoms with van der Waals surface area (Å²) in [5.74, 6) is 0.374. The molecule has 0 radical (unpaired) electrons. The number of aliphatic hydroxyl groups is 1. The van der Waals surface area contributed by atoms with Crippen LogP contribution in [0.25, 0.3) is 0 Å². The maximum Gasteiger partial charge on any atom is 0.407 e. The van der Waals surface area contributed by atoms with Crippen LogP contribution in [0, 0.1) is 11.8 Å². The Labute approximate surface area is 236 Å². The topological polar surface area (TPSA) is 138 Å². The molecule has 5 atom stereocenters. The summed E-state index contributed by atoms with van der Waals surface area (Å²) in [7, 11) is -4.02. The van der Waals surface area contributed by atoms with E-state index in [2.05, 4.69) is 10.5 Å². The highest BCUT2D eigenvalue weighted by Crippen LogP contribution is 2.37. The average Bonchev–Trinajstić information content (AvgIpc) is 3.50. The van der Waals surface area contributed by atoms with Gasteiger partial charge in [-0.2, -0.15) is 4.31 Å². The number of amides is 1. The predicted octanol–water partition coefficient (Wildman–Crippen LogP) is 3.41. The van der Waals surface area contributed by atoms with Gasteiger partial charge in [0.1, 0.15) is 6.10 Å². The second-order valence-electron chi connectivity index (χ2n) is 11.0. The maximum absolute atomic E-state index is 13.7. The number of carbonyl (C=O) groups excluding carboxylic acids is 1. The van der Waals surface area contributed by atoms with Crippen LogP contribution in [0.15, 0.2) is 64.6 Å². The number of nitrogens with one attached hydrogen (secondary N) is 1. The van der Waals surface area contributed by atoms with Gasteiger partial charge in [0.2, 0.25) is 10.0 Å². The lowest BCUT2D eigenvalue weighted by Crippen LogP contribution is -2.51. The summed E-state index contributed by atoms with van der Waals surface area (Å²) in [6.45, 7) is 4.45. The number of rotatable bonds is 12. The van der Waals surface area contributed by atoms with Gasteiger partial charge in [0.25, 0.3) is 0 Å². The summed E-state index contributed by atoms with van der Waals surface area (Å²) in [6, 6.07) is 14.6. The van der Waals surface area contributed by atoms with E-state index >= 15 is 0 Å². The number of hydrogen-bond donors (Lipinski definition) is 3. The van der Waals surface area contributed by atoms with Gasteiger partial charge in [-0.15, -0.1) is 0 Å². The largest absolute Gasteiger partial charge is 0.446 e. The Morgan fingerprint density at radius 3 is 2.65 bits per heavy atom. The number of nitrogens with zero attached hydrogens (tertiary/aromatic N) is 2. The van der Waals surface area contributed by atoms with E-state index in [1.54, 1.807) is 12.1 Å². The van der Waals surface area contributed by atoms with Crippen molar-refractivity contribution in [2.45, 2.75) is 68.8 Å². The van der Waals surface area contributed by atoms with Crippen molar-refractivity contribution in [2.75, 3.05) is 19.7 Å². The molecular weight excluding hydrogens is 534 g/mol. The Kier molecular flexibility index (Phi) is 10.2. The van der Waals surface area contributed by atoms with Gasteiger partial charge in [-0.05, 0) is 54.4 Å². The summed E-state index contributed by atoms with van der Waals surface area (Å²) >= 11 is 0. The van der Waals surface area contributed by atoms with Crippen molar-refractivity contribution in [3.05, 3.63) is 65.7 Å². The lowest BCUT2D eigenvalue weighted by molar-refractivity contribution is 0.0554. The molecule has 0 spiro atoms. The zero-order chi connectivity index (χ0) is 28.7. The molecule has 1 aliphatic carbocycles. The molecule has 4 rings (SSSR count). The molecule has 1 saturated carbocycles. The van der Waals surface area contributed by atoms with Gasteiger partial charge in [0, 0.05) is 26.1 Å². The fraction of sp³-hybridized carbons (Fsp3) is 0.517. The van der Waals surface area contributed by atoms with Gasteiger partial charge >= 0.3 is 6.09 Å². The third kappa shape index (κ3) is 7.81.